The number of ketones is 1. The highest BCUT2D eigenvalue weighted by atomic mass is 35.5. The molecule has 2 aromatic heterocycles. The molecule has 11 heteroatoms. The Hall–Kier alpha value is -3.11. The zero-order chi connectivity index (χ0) is 42.4. The Kier molecular flexibility index (Phi) is 11.0. The van der Waals surface area contributed by atoms with Crippen molar-refractivity contribution in [2.75, 3.05) is 20.6 Å². The molecule has 0 saturated heterocycles. The summed E-state index contributed by atoms with van der Waals surface area (Å²) in [4.78, 5) is 46.2. The van der Waals surface area contributed by atoms with E-state index in [4.69, 9.17) is 26.5 Å². The van der Waals surface area contributed by atoms with Crippen LogP contribution in [0.15, 0.2) is 29.5 Å². The maximum Gasteiger partial charge on any atom is 0.309 e. The van der Waals surface area contributed by atoms with Crippen LogP contribution >= 0.6 is 11.6 Å². The summed E-state index contributed by atoms with van der Waals surface area (Å²) in [7, 11) is 4.16. The topological polar surface area (TPSA) is 128 Å². The van der Waals surface area contributed by atoms with Crippen LogP contribution in [0.2, 0.25) is 5.02 Å². The molecule has 0 aliphatic heterocycles. The molecule has 4 saturated carbocycles. The smallest absolute Gasteiger partial charge is 0.309 e. The number of carboxylic acids is 1. The number of aromatic nitrogens is 4. The summed E-state index contributed by atoms with van der Waals surface area (Å²) in [6, 6.07) is 3.75. The van der Waals surface area contributed by atoms with Crippen LogP contribution in [0.5, 0.6) is 0 Å². The average molecular weight is 819 g/mol. The number of ether oxygens (including phenoxy) is 1. The molecule has 0 aromatic carbocycles. The Labute approximate surface area is 351 Å². The van der Waals surface area contributed by atoms with Crippen molar-refractivity contribution >= 4 is 29.3 Å². The van der Waals surface area contributed by atoms with Crippen molar-refractivity contribution in [1.29, 1.82) is 0 Å². The number of fused-ring (bicyclic) bond motifs is 7. The molecule has 2 heterocycles. The Morgan fingerprint density at radius 3 is 2.34 bits per heavy atom. The zero-order valence-corrected chi connectivity index (χ0v) is 37.8. The number of halogens is 1. The van der Waals surface area contributed by atoms with Gasteiger partial charge in [0.05, 0.1) is 16.9 Å². The SMILES string of the molecule is CC(C)C1=C2[C@H]3CC[C@@H]4[C@@]5(C)CC[C@H](OC(=O)CC(C)(C)C(=O)O)C(C)(C)[C@@H]5CC[C@@]4(C)[C@]3(C)CC[C@@]2(Cc2nnc(-c3ccc(Cl)cn3)n2CCN(C)C)CC1=O. The molecule has 8 atom stereocenters. The summed E-state index contributed by atoms with van der Waals surface area (Å²) < 4.78 is 8.44. The Morgan fingerprint density at radius 1 is 0.983 bits per heavy atom. The minimum absolute atomic E-state index is 0.0142. The maximum atomic E-state index is 14.4. The van der Waals surface area contributed by atoms with Gasteiger partial charge in [0, 0.05) is 43.0 Å². The number of carbonyl (C=O) groups is 3. The van der Waals surface area contributed by atoms with Crippen molar-refractivity contribution < 1.29 is 24.2 Å². The van der Waals surface area contributed by atoms with Crippen LogP contribution in [0.25, 0.3) is 11.5 Å². The summed E-state index contributed by atoms with van der Waals surface area (Å²) in [5.41, 5.74) is 1.69. The second kappa shape index (κ2) is 14.8. The number of pyridine rings is 1. The molecule has 0 spiro atoms. The molecular formula is C47H68ClN5O5. The first-order valence-corrected chi connectivity index (χ1v) is 22.3. The van der Waals surface area contributed by atoms with Crippen molar-refractivity contribution in [2.24, 2.45) is 56.2 Å². The lowest BCUT2D eigenvalue weighted by Gasteiger charge is -2.72. The fourth-order valence-electron chi connectivity index (χ4n) is 13.8. The average Bonchev–Trinajstić information content (AvgIpc) is 3.66. The third-order valence-electron chi connectivity index (χ3n) is 17.0. The molecule has 1 N–H and O–H groups in total. The van der Waals surface area contributed by atoms with E-state index < -0.39 is 17.4 Å². The van der Waals surface area contributed by atoms with E-state index in [1.807, 2.05) is 12.1 Å². The van der Waals surface area contributed by atoms with Gasteiger partial charge in [0.2, 0.25) is 0 Å². The van der Waals surface area contributed by atoms with E-state index in [0.29, 0.717) is 47.9 Å². The maximum absolute atomic E-state index is 14.4. The number of allylic oxidation sites excluding steroid dienone is 2. The predicted octanol–water partition coefficient (Wildman–Crippen LogP) is 9.49. The number of rotatable bonds is 11. The highest BCUT2D eigenvalue weighted by Gasteiger charge is 2.70. The minimum Gasteiger partial charge on any atom is -0.481 e. The third-order valence-corrected chi connectivity index (χ3v) is 17.2. The highest BCUT2D eigenvalue weighted by molar-refractivity contribution is 6.30. The van der Waals surface area contributed by atoms with Gasteiger partial charge in [0.25, 0.3) is 0 Å². The van der Waals surface area contributed by atoms with Crippen LogP contribution in [-0.2, 0) is 32.1 Å². The molecule has 58 heavy (non-hydrogen) atoms. The van der Waals surface area contributed by atoms with Gasteiger partial charge in [-0.15, -0.1) is 10.2 Å². The molecule has 0 amide bonds. The van der Waals surface area contributed by atoms with Crippen molar-refractivity contribution in [1.82, 2.24) is 24.6 Å². The first kappa shape index (κ1) is 43.0. The van der Waals surface area contributed by atoms with E-state index in [2.05, 4.69) is 77.0 Å². The molecule has 2 aromatic rings. The van der Waals surface area contributed by atoms with Crippen molar-refractivity contribution in [2.45, 2.75) is 146 Å². The van der Waals surface area contributed by atoms with Crippen molar-refractivity contribution in [3.63, 3.8) is 0 Å². The summed E-state index contributed by atoms with van der Waals surface area (Å²) in [6.45, 7) is 21.4. The summed E-state index contributed by atoms with van der Waals surface area (Å²) >= 11 is 6.23. The summed E-state index contributed by atoms with van der Waals surface area (Å²) in [5.74, 6) is 1.90. The van der Waals surface area contributed by atoms with E-state index >= 15 is 0 Å². The van der Waals surface area contributed by atoms with Gasteiger partial charge in [-0.1, -0.05) is 65.6 Å². The van der Waals surface area contributed by atoms with Crippen LogP contribution < -0.4 is 0 Å². The van der Waals surface area contributed by atoms with Crippen molar-refractivity contribution in [3.8, 4) is 11.5 Å². The van der Waals surface area contributed by atoms with Crippen LogP contribution in [0.1, 0.15) is 132 Å². The molecule has 0 bridgehead atoms. The third kappa shape index (κ3) is 6.78. The fraction of sp³-hybridized carbons (Fsp3) is 0.745. The number of aliphatic carboxylic acids is 1. The first-order valence-electron chi connectivity index (χ1n) is 21.9. The van der Waals surface area contributed by atoms with E-state index in [0.717, 1.165) is 80.8 Å². The Bertz CT molecular complexity index is 1990. The number of carboxylic acid groups (broad SMARTS) is 1. The Morgan fingerprint density at radius 2 is 1.71 bits per heavy atom. The molecule has 0 radical (unpaired) electrons. The van der Waals surface area contributed by atoms with Gasteiger partial charge < -0.3 is 19.3 Å². The predicted molar refractivity (Wildman–Crippen MR) is 226 cm³/mol. The molecule has 5 aliphatic rings. The number of Topliss-reactive ketones (excluding diaryl/α,β-unsaturated/α-hetero) is 1. The molecule has 0 unspecified atom stereocenters. The lowest BCUT2D eigenvalue weighted by molar-refractivity contribution is -0.233. The van der Waals surface area contributed by atoms with Gasteiger partial charge in [-0.05, 0) is 137 Å². The van der Waals surface area contributed by atoms with Gasteiger partial charge in [0.15, 0.2) is 11.6 Å². The van der Waals surface area contributed by atoms with Crippen LogP contribution in [0.3, 0.4) is 0 Å². The molecular weight excluding hydrogens is 750 g/mol. The van der Waals surface area contributed by atoms with E-state index in [9.17, 15) is 19.5 Å². The second-order valence-electron chi connectivity index (χ2n) is 21.6. The highest BCUT2D eigenvalue weighted by Crippen LogP contribution is 2.77. The van der Waals surface area contributed by atoms with Crippen LogP contribution in [0, 0.1) is 56.2 Å². The minimum atomic E-state index is -1.17. The van der Waals surface area contributed by atoms with E-state index in [1.165, 1.54) is 5.57 Å². The lowest BCUT2D eigenvalue weighted by atomic mass is 9.33. The molecule has 4 fully saturated rings. The second-order valence-corrected chi connectivity index (χ2v) is 22.1. The molecule has 5 aliphatic carbocycles. The number of nitrogens with zero attached hydrogens (tertiary/aromatic N) is 5. The molecule has 10 nitrogen and oxygen atoms in total. The first-order chi connectivity index (χ1) is 27.0. The van der Waals surface area contributed by atoms with Crippen molar-refractivity contribution in [3.05, 3.63) is 40.3 Å². The monoisotopic (exact) mass is 817 g/mol. The van der Waals surface area contributed by atoms with Gasteiger partial charge in [-0.3, -0.25) is 19.4 Å². The number of carbonyl (C=O) groups excluding carboxylic acids is 2. The number of likely N-dealkylation sites (N-methyl/N-ethyl adjacent to an activating group) is 1. The van der Waals surface area contributed by atoms with Gasteiger partial charge >= 0.3 is 11.9 Å². The van der Waals surface area contributed by atoms with E-state index in [-0.39, 0.29) is 45.5 Å². The van der Waals surface area contributed by atoms with Gasteiger partial charge in [0.1, 0.15) is 17.6 Å². The number of esters is 1. The van der Waals surface area contributed by atoms with Crippen LogP contribution in [0.4, 0.5) is 0 Å². The number of hydrogen-bond acceptors (Lipinski definition) is 8. The zero-order valence-electron chi connectivity index (χ0n) is 37.0. The quantitative estimate of drug-likeness (QED) is 0.221. The van der Waals surface area contributed by atoms with E-state index in [1.54, 1.807) is 20.0 Å². The summed E-state index contributed by atoms with van der Waals surface area (Å²) in [5, 5.41) is 19.9. The standard InChI is InChI=1S/C47H68ClN5O5/c1-28(2)38-32(54)24-47(25-36-50-51-40(53(36)23-22-52(10)11)31-14-12-29(48)27-49-31)21-20-45(8)30(39(38)47)13-15-34-44(7)18-17-35(58-37(55)26-42(3,4)41(56)57)43(5,6)33(44)16-19-46(34,45)9/h12,14,27-28,30,33-35H,13,15-26H2,1-11H3,(H,56,57)/t30-,33+,34-,35+,44+,45-,46-,47+/m1/s1. The Balaban J connectivity index is 1.21. The normalized spacial score (nSPS) is 34.4. The molecule has 7 rings (SSSR count). The van der Waals surface area contributed by atoms with Gasteiger partial charge in [-0.2, -0.15) is 0 Å². The largest absolute Gasteiger partial charge is 0.481 e. The van der Waals surface area contributed by atoms with Crippen LogP contribution in [-0.4, -0.2) is 74.2 Å². The lowest BCUT2D eigenvalue weighted by Crippen LogP contribution is -2.65. The number of hydrogen-bond donors (Lipinski definition) is 1. The summed E-state index contributed by atoms with van der Waals surface area (Å²) in [6.07, 6.45) is 10.6. The fourth-order valence-corrected chi connectivity index (χ4v) is 13.9. The molecule has 318 valence electrons. The van der Waals surface area contributed by atoms with Gasteiger partial charge in [-0.25, -0.2) is 0 Å².